The first-order chi connectivity index (χ1) is 37.7. The van der Waals surface area contributed by atoms with E-state index in [1.54, 1.807) is 0 Å². The van der Waals surface area contributed by atoms with Gasteiger partial charge in [-0.25, -0.2) is 0 Å². The molecule has 7 nitrogen and oxygen atoms in total. The molecular formula is C69H43N7. The van der Waals surface area contributed by atoms with E-state index in [-0.39, 0.29) is 0 Å². The molecule has 0 aliphatic carbocycles. The summed E-state index contributed by atoms with van der Waals surface area (Å²) in [6.07, 6.45) is 0. The number of fused-ring (bicyclic) bond motifs is 14. The van der Waals surface area contributed by atoms with Gasteiger partial charge in [0, 0.05) is 60.0 Å². The van der Waals surface area contributed by atoms with Crippen molar-refractivity contribution in [3.05, 3.63) is 261 Å². The summed E-state index contributed by atoms with van der Waals surface area (Å²) in [5, 5.41) is 9.05. The first-order valence-electron chi connectivity index (χ1n) is 25.8. The Morgan fingerprint density at radius 3 is 0.895 bits per heavy atom. The van der Waals surface area contributed by atoms with Crippen LogP contribution >= 0.6 is 0 Å². The minimum absolute atomic E-state index is 0.520. The number of hydrogen-bond acceptors (Lipinski definition) is 3. The van der Waals surface area contributed by atoms with Gasteiger partial charge in [-0.3, -0.25) is 9.13 Å². The molecule has 11 aromatic carbocycles. The van der Waals surface area contributed by atoms with Crippen LogP contribution in [0.25, 0.3) is 144 Å². The van der Waals surface area contributed by atoms with Crippen LogP contribution in [0.15, 0.2) is 261 Å². The summed E-state index contributed by atoms with van der Waals surface area (Å²) in [5.41, 5.74) is 16.1. The SMILES string of the molecule is c1ccc(-c2cccc(-n3c4ccccc4c4ccc5c6ccccc6n(-c6nc(-c7ccccc7)nc(-n7c8ccccc8c8ccc9c%10ccccc%10n(-c%10cccc(-c%11ccccc%11)c%10)c9c87)n6)c5c43)c2)cc1. The van der Waals surface area contributed by atoms with E-state index in [0.717, 1.165) is 105 Å². The van der Waals surface area contributed by atoms with Gasteiger partial charge in [0.2, 0.25) is 11.9 Å². The summed E-state index contributed by atoms with van der Waals surface area (Å²) in [6, 6.07) is 93.3. The lowest BCUT2D eigenvalue weighted by Gasteiger charge is -2.15. The third-order valence-electron chi connectivity index (χ3n) is 15.4. The summed E-state index contributed by atoms with van der Waals surface area (Å²) < 4.78 is 9.45. The van der Waals surface area contributed by atoms with Crippen LogP contribution in [-0.4, -0.2) is 33.2 Å². The van der Waals surface area contributed by atoms with Crippen LogP contribution < -0.4 is 0 Å². The molecule has 0 atom stereocenters. The van der Waals surface area contributed by atoms with Crippen LogP contribution in [0, 0.1) is 0 Å². The lowest BCUT2D eigenvalue weighted by molar-refractivity contribution is 0.893. The Hall–Kier alpha value is -10.4. The molecule has 0 bridgehead atoms. The molecule has 7 heteroatoms. The van der Waals surface area contributed by atoms with Gasteiger partial charge < -0.3 is 9.13 Å². The molecule has 76 heavy (non-hydrogen) atoms. The highest BCUT2D eigenvalue weighted by Crippen LogP contribution is 2.44. The fourth-order valence-electron chi connectivity index (χ4n) is 12.1. The second-order valence-electron chi connectivity index (χ2n) is 19.6. The Morgan fingerprint density at radius 1 is 0.211 bits per heavy atom. The molecule has 0 N–H and O–H groups in total. The molecular weight excluding hydrogens is 927 g/mol. The van der Waals surface area contributed by atoms with Crippen molar-refractivity contribution in [2.24, 2.45) is 0 Å². The van der Waals surface area contributed by atoms with E-state index >= 15 is 0 Å². The zero-order valence-electron chi connectivity index (χ0n) is 41.0. The van der Waals surface area contributed by atoms with Gasteiger partial charge in [-0.15, -0.1) is 0 Å². The predicted molar refractivity (Wildman–Crippen MR) is 313 cm³/mol. The third kappa shape index (κ3) is 6.26. The number of aromatic nitrogens is 7. The van der Waals surface area contributed by atoms with Gasteiger partial charge in [0.25, 0.3) is 0 Å². The zero-order chi connectivity index (χ0) is 49.8. The van der Waals surface area contributed by atoms with Gasteiger partial charge in [0.1, 0.15) is 0 Å². The minimum atomic E-state index is 0.520. The largest absolute Gasteiger partial charge is 0.307 e. The van der Waals surface area contributed by atoms with Gasteiger partial charge in [-0.1, -0.05) is 212 Å². The highest BCUT2D eigenvalue weighted by Gasteiger charge is 2.27. The molecule has 16 rings (SSSR count). The minimum Gasteiger partial charge on any atom is -0.307 e. The van der Waals surface area contributed by atoms with Crippen LogP contribution in [0.1, 0.15) is 0 Å². The summed E-state index contributed by atoms with van der Waals surface area (Å²) in [7, 11) is 0. The van der Waals surface area contributed by atoms with E-state index in [2.05, 4.69) is 273 Å². The molecule has 0 fully saturated rings. The Morgan fingerprint density at radius 2 is 0.513 bits per heavy atom. The highest BCUT2D eigenvalue weighted by molar-refractivity contribution is 6.25. The second kappa shape index (κ2) is 16.6. The number of benzene rings is 11. The van der Waals surface area contributed by atoms with Crippen LogP contribution in [0.2, 0.25) is 0 Å². The van der Waals surface area contributed by atoms with E-state index < -0.39 is 0 Å². The zero-order valence-corrected chi connectivity index (χ0v) is 41.0. The van der Waals surface area contributed by atoms with E-state index in [9.17, 15) is 0 Å². The van der Waals surface area contributed by atoms with Crippen molar-refractivity contribution < 1.29 is 0 Å². The standard InChI is InChI=1S/C69H43N7/c1-4-20-44(21-5-1)47-26-18-28-49(42-47)73-59-34-14-10-30-51(59)55-38-40-57-53-32-12-16-36-61(53)75(65(57)63(55)73)68-70-67(46-24-8-3-9-25-46)71-69(72-68)76-62-37-17-13-33-54(62)58-41-39-56-52-31-11-15-35-60(52)74(64(56)66(58)76)50-29-19-27-48(43-50)45-22-6-2-7-23-45/h1-43H. The second-order valence-corrected chi connectivity index (χ2v) is 19.6. The highest BCUT2D eigenvalue weighted by atomic mass is 15.3. The van der Waals surface area contributed by atoms with Crippen LogP contribution in [0.4, 0.5) is 0 Å². The normalized spacial score (nSPS) is 11.9. The first-order valence-corrected chi connectivity index (χ1v) is 25.8. The monoisotopic (exact) mass is 969 g/mol. The smallest absolute Gasteiger partial charge is 0.240 e. The molecule has 16 aromatic rings. The molecule has 0 aliphatic heterocycles. The molecule has 0 amide bonds. The average molecular weight is 970 g/mol. The first kappa shape index (κ1) is 42.2. The maximum Gasteiger partial charge on any atom is 0.240 e. The molecule has 5 aromatic heterocycles. The lowest BCUT2D eigenvalue weighted by atomic mass is 10.1. The summed E-state index contributed by atoms with van der Waals surface area (Å²) in [6.45, 7) is 0. The summed E-state index contributed by atoms with van der Waals surface area (Å²) in [5.74, 6) is 1.61. The van der Waals surface area contributed by atoms with E-state index in [0.29, 0.717) is 17.7 Å². The van der Waals surface area contributed by atoms with Gasteiger partial charge in [-0.2, -0.15) is 15.0 Å². The Labute approximate surface area is 436 Å². The topological polar surface area (TPSA) is 58.4 Å². The van der Waals surface area contributed by atoms with Crippen molar-refractivity contribution >= 4 is 87.2 Å². The maximum absolute atomic E-state index is 5.76. The number of para-hydroxylation sites is 4. The van der Waals surface area contributed by atoms with Crippen molar-refractivity contribution in [2.75, 3.05) is 0 Å². The van der Waals surface area contributed by atoms with E-state index in [1.165, 1.54) is 21.9 Å². The molecule has 0 aliphatic rings. The molecule has 354 valence electrons. The average Bonchev–Trinajstić information content (AvgIpc) is 4.39. The summed E-state index contributed by atoms with van der Waals surface area (Å²) >= 11 is 0. The number of rotatable bonds is 7. The van der Waals surface area contributed by atoms with E-state index in [4.69, 9.17) is 15.0 Å². The molecule has 0 spiro atoms. The quantitative estimate of drug-likeness (QED) is 0.160. The van der Waals surface area contributed by atoms with Crippen LogP contribution in [0.5, 0.6) is 0 Å². The molecule has 5 heterocycles. The van der Waals surface area contributed by atoms with E-state index in [1.807, 2.05) is 6.07 Å². The predicted octanol–water partition coefficient (Wildman–Crippen LogP) is 17.3. The van der Waals surface area contributed by atoms with Gasteiger partial charge in [0.15, 0.2) is 5.82 Å². The maximum atomic E-state index is 5.76. The van der Waals surface area contributed by atoms with Crippen molar-refractivity contribution in [2.45, 2.75) is 0 Å². The Bertz CT molecular complexity index is 4690. The van der Waals surface area contributed by atoms with Gasteiger partial charge in [0.05, 0.1) is 44.1 Å². The molecule has 0 unspecified atom stereocenters. The third-order valence-corrected chi connectivity index (χ3v) is 15.4. The molecule has 0 saturated heterocycles. The van der Waals surface area contributed by atoms with Crippen LogP contribution in [-0.2, 0) is 0 Å². The lowest BCUT2D eigenvalue weighted by Crippen LogP contribution is -2.11. The molecule has 0 radical (unpaired) electrons. The van der Waals surface area contributed by atoms with Crippen LogP contribution in [0.3, 0.4) is 0 Å². The van der Waals surface area contributed by atoms with Crippen molar-refractivity contribution in [3.8, 4) is 56.9 Å². The Kier molecular flexibility index (Phi) is 9.20. The van der Waals surface area contributed by atoms with Crippen molar-refractivity contribution in [1.29, 1.82) is 0 Å². The fraction of sp³-hybridized carbons (Fsp3) is 0. The Balaban J connectivity index is 1.04. The fourth-order valence-corrected chi connectivity index (χ4v) is 12.1. The summed E-state index contributed by atoms with van der Waals surface area (Å²) in [4.78, 5) is 16.9. The van der Waals surface area contributed by atoms with Crippen molar-refractivity contribution in [3.63, 3.8) is 0 Å². The number of hydrogen-bond donors (Lipinski definition) is 0. The van der Waals surface area contributed by atoms with Gasteiger partial charge >= 0.3 is 0 Å². The van der Waals surface area contributed by atoms with Gasteiger partial charge in [-0.05, 0) is 70.8 Å². The molecule has 0 saturated carbocycles. The van der Waals surface area contributed by atoms with Crippen molar-refractivity contribution in [1.82, 2.24) is 33.2 Å². The number of nitrogens with zero attached hydrogens (tertiary/aromatic N) is 7.